The molecule has 0 spiro atoms. The summed E-state index contributed by atoms with van der Waals surface area (Å²) in [5.41, 5.74) is 1.51. The average molecular weight is 284 g/mol. The maximum absolute atomic E-state index is 13.6. The summed E-state index contributed by atoms with van der Waals surface area (Å²) < 4.78 is 27.2. The third-order valence-corrected chi connectivity index (χ3v) is 3.44. The summed E-state index contributed by atoms with van der Waals surface area (Å²) in [6.07, 6.45) is 0.843. The van der Waals surface area contributed by atoms with E-state index in [0.717, 1.165) is 31.6 Å². The molecule has 0 aromatic heterocycles. The fraction of sp³-hybridized carbons (Fsp3) is 0.462. The number of hydrogen-bond donors (Lipinski definition) is 2. The van der Waals surface area contributed by atoms with E-state index < -0.39 is 17.3 Å². The second kappa shape index (κ2) is 6.15. The van der Waals surface area contributed by atoms with Crippen molar-refractivity contribution < 1.29 is 13.6 Å². The second-order valence-electron chi connectivity index (χ2n) is 4.91. The van der Waals surface area contributed by atoms with E-state index in [1.807, 2.05) is 12.5 Å². The van der Waals surface area contributed by atoms with Crippen molar-refractivity contribution in [3.05, 3.63) is 29.3 Å². The number of nitrogens with one attached hydrogen (secondary N) is 1. The van der Waals surface area contributed by atoms with Crippen molar-refractivity contribution in [2.45, 2.75) is 6.42 Å². The van der Waals surface area contributed by atoms with E-state index >= 15 is 0 Å². The molecule has 1 heterocycles. The fourth-order valence-electron chi connectivity index (χ4n) is 2.27. The van der Waals surface area contributed by atoms with Crippen molar-refractivity contribution in [2.75, 3.05) is 38.7 Å². The first-order valence-electron chi connectivity index (χ1n) is 6.46. The van der Waals surface area contributed by atoms with E-state index in [-0.39, 0.29) is 11.5 Å². The standard InChI is InChI=1S/C13H18F2N4O/c1-18-3-2-4-19(6-5-18)13(20)9-7-10(14)12(17-16)11(15)8-9/h7-8,17H,2-6,16H2,1H3. The highest BCUT2D eigenvalue weighted by Gasteiger charge is 2.21. The number of nitrogen functional groups attached to an aromatic ring is 1. The highest BCUT2D eigenvalue weighted by molar-refractivity contribution is 5.94. The van der Waals surface area contributed by atoms with Gasteiger partial charge in [-0.05, 0) is 32.1 Å². The van der Waals surface area contributed by atoms with E-state index in [1.54, 1.807) is 4.90 Å². The molecule has 3 N–H and O–H groups in total. The highest BCUT2D eigenvalue weighted by atomic mass is 19.1. The summed E-state index contributed by atoms with van der Waals surface area (Å²) in [5.74, 6) is 2.92. The monoisotopic (exact) mass is 284 g/mol. The van der Waals surface area contributed by atoms with Crippen LogP contribution in [0.3, 0.4) is 0 Å². The van der Waals surface area contributed by atoms with Gasteiger partial charge in [-0.15, -0.1) is 0 Å². The summed E-state index contributed by atoms with van der Waals surface area (Å²) in [7, 11) is 1.98. The minimum Gasteiger partial charge on any atom is -0.337 e. The number of anilines is 1. The third-order valence-electron chi connectivity index (χ3n) is 3.44. The molecule has 1 aromatic carbocycles. The van der Waals surface area contributed by atoms with Crippen LogP contribution in [0.1, 0.15) is 16.8 Å². The molecule has 0 aliphatic carbocycles. The van der Waals surface area contributed by atoms with Gasteiger partial charge in [0.15, 0.2) is 11.6 Å². The Hall–Kier alpha value is -1.73. The molecule has 110 valence electrons. The molecule has 20 heavy (non-hydrogen) atoms. The lowest BCUT2D eigenvalue weighted by Crippen LogP contribution is -2.34. The molecule has 1 fully saturated rings. The van der Waals surface area contributed by atoms with Gasteiger partial charge in [0.05, 0.1) is 0 Å². The number of halogens is 2. The van der Waals surface area contributed by atoms with Gasteiger partial charge in [-0.3, -0.25) is 10.6 Å². The maximum atomic E-state index is 13.6. The zero-order valence-corrected chi connectivity index (χ0v) is 11.3. The first-order valence-corrected chi connectivity index (χ1v) is 6.46. The Kier molecular flexibility index (Phi) is 4.51. The smallest absolute Gasteiger partial charge is 0.254 e. The summed E-state index contributed by atoms with van der Waals surface area (Å²) in [5, 5.41) is 0. The summed E-state index contributed by atoms with van der Waals surface area (Å²) >= 11 is 0. The number of benzene rings is 1. The van der Waals surface area contributed by atoms with Gasteiger partial charge in [0.25, 0.3) is 5.91 Å². The van der Waals surface area contributed by atoms with E-state index in [2.05, 4.69) is 4.90 Å². The number of hydrazine groups is 1. The molecule has 1 amide bonds. The first-order chi connectivity index (χ1) is 9.52. The SMILES string of the molecule is CN1CCCN(C(=O)c2cc(F)c(NN)c(F)c2)CC1. The molecule has 2 rings (SSSR count). The Morgan fingerprint density at radius 1 is 1.20 bits per heavy atom. The van der Waals surface area contributed by atoms with Crippen LogP contribution in [0.5, 0.6) is 0 Å². The average Bonchev–Trinajstić information content (AvgIpc) is 2.62. The summed E-state index contributed by atoms with van der Waals surface area (Å²) in [6.45, 7) is 2.79. The van der Waals surface area contributed by atoms with Crippen LogP contribution in [-0.4, -0.2) is 48.9 Å². The van der Waals surface area contributed by atoms with Crippen molar-refractivity contribution in [3.63, 3.8) is 0 Å². The number of carbonyl (C=O) groups excluding carboxylic acids is 1. The van der Waals surface area contributed by atoms with E-state index in [0.29, 0.717) is 13.1 Å². The number of amides is 1. The lowest BCUT2D eigenvalue weighted by molar-refractivity contribution is 0.0762. The van der Waals surface area contributed by atoms with Gasteiger partial charge in [-0.2, -0.15) is 0 Å². The Balaban J connectivity index is 2.20. The Morgan fingerprint density at radius 3 is 2.45 bits per heavy atom. The second-order valence-corrected chi connectivity index (χ2v) is 4.91. The van der Waals surface area contributed by atoms with Gasteiger partial charge in [-0.25, -0.2) is 8.78 Å². The molecular formula is C13H18F2N4O. The third kappa shape index (κ3) is 3.05. The van der Waals surface area contributed by atoms with Crippen LogP contribution in [0.15, 0.2) is 12.1 Å². The van der Waals surface area contributed by atoms with Gasteiger partial charge in [0.1, 0.15) is 5.69 Å². The zero-order valence-electron chi connectivity index (χ0n) is 11.3. The fourth-order valence-corrected chi connectivity index (χ4v) is 2.27. The van der Waals surface area contributed by atoms with E-state index in [9.17, 15) is 13.6 Å². The van der Waals surface area contributed by atoms with Crippen LogP contribution < -0.4 is 11.3 Å². The first kappa shape index (κ1) is 14.7. The molecule has 5 nitrogen and oxygen atoms in total. The predicted molar refractivity (Wildman–Crippen MR) is 72.2 cm³/mol. The van der Waals surface area contributed by atoms with Gasteiger partial charge in [0.2, 0.25) is 0 Å². The molecule has 7 heteroatoms. The van der Waals surface area contributed by atoms with Crippen LogP contribution in [0.2, 0.25) is 0 Å². The normalized spacial score (nSPS) is 16.9. The van der Waals surface area contributed by atoms with Crippen molar-refractivity contribution in [1.82, 2.24) is 9.80 Å². The molecule has 1 saturated heterocycles. The minimum atomic E-state index is -0.872. The number of rotatable bonds is 2. The Labute approximate surface area is 116 Å². The molecule has 1 aromatic rings. The maximum Gasteiger partial charge on any atom is 0.254 e. The Bertz CT molecular complexity index is 486. The van der Waals surface area contributed by atoms with Crippen LogP contribution in [0, 0.1) is 11.6 Å². The molecule has 0 radical (unpaired) electrons. The van der Waals surface area contributed by atoms with Crippen molar-refractivity contribution in [1.29, 1.82) is 0 Å². The zero-order chi connectivity index (χ0) is 14.7. The van der Waals surface area contributed by atoms with Crippen LogP contribution >= 0.6 is 0 Å². The van der Waals surface area contributed by atoms with Gasteiger partial charge >= 0.3 is 0 Å². The lowest BCUT2D eigenvalue weighted by Gasteiger charge is -2.21. The number of likely N-dealkylation sites (N-methyl/N-ethyl adjacent to an activating group) is 1. The topological polar surface area (TPSA) is 61.6 Å². The molecule has 1 aliphatic heterocycles. The number of carbonyl (C=O) groups is 1. The van der Waals surface area contributed by atoms with E-state index in [1.165, 1.54) is 0 Å². The molecule has 0 unspecified atom stereocenters. The number of hydrogen-bond acceptors (Lipinski definition) is 4. The quantitative estimate of drug-likeness (QED) is 0.629. The van der Waals surface area contributed by atoms with Gasteiger partial charge in [-0.1, -0.05) is 0 Å². The summed E-state index contributed by atoms with van der Waals surface area (Å²) in [6, 6.07) is 2.02. The van der Waals surface area contributed by atoms with Crippen LogP contribution in [0.25, 0.3) is 0 Å². The van der Waals surface area contributed by atoms with Crippen molar-refractivity contribution in [2.24, 2.45) is 5.84 Å². The lowest BCUT2D eigenvalue weighted by atomic mass is 10.1. The highest BCUT2D eigenvalue weighted by Crippen LogP contribution is 2.21. The molecule has 0 saturated carbocycles. The molecule has 1 aliphatic rings. The van der Waals surface area contributed by atoms with Crippen LogP contribution in [0.4, 0.5) is 14.5 Å². The predicted octanol–water partition coefficient (Wildman–Crippen LogP) is 1.03. The largest absolute Gasteiger partial charge is 0.337 e. The molecule has 0 bridgehead atoms. The number of nitrogens with zero attached hydrogens (tertiary/aromatic N) is 2. The van der Waals surface area contributed by atoms with Crippen molar-refractivity contribution in [3.8, 4) is 0 Å². The van der Waals surface area contributed by atoms with Gasteiger partial charge < -0.3 is 15.2 Å². The van der Waals surface area contributed by atoms with E-state index in [4.69, 9.17) is 5.84 Å². The molecular weight excluding hydrogens is 266 g/mol. The number of nitrogens with two attached hydrogens (primary N) is 1. The molecule has 0 atom stereocenters. The minimum absolute atomic E-state index is 0.00329. The Morgan fingerprint density at radius 2 is 1.85 bits per heavy atom. The van der Waals surface area contributed by atoms with Crippen molar-refractivity contribution >= 4 is 11.6 Å². The summed E-state index contributed by atoms with van der Waals surface area (Å²) in [4.78, 5) is 16.0. The van der Waals surface area contributed by atoms with Gasteiger partial charge in [0, 0.05) is 25.2 Å². The van der Waals surface area contributed by atoms with Crippen LogP contribution in [-0.2, 0) is 0 Å².